The second-order valence-electron chi connectivity index (χ2n) is 4.60. The van der Waals surface area contributed by atoms with Gasteiger partial charge in [0.2, 0.25) is 0 Å². The molecule has 4 atom stereocenters. The van der Waals surface area contributed by atoms with Crippen LogP contribution in [0, 0.1) is 11.8 Å². The maximum atomic E-state index is 9.83. The lowest BCUT2D eigenvalue weighted by Gasteiger charge is -2.43. The SMILES string of the molecule is CC(C)C1CCC(O)(CO)C(O)C1Cl. The number of aliphatic hydroxyl groups excluding tert-OH is 2. The van der Waals surface area contributed by atoms with Gasteiger partial charge in [-0.1, -0.05) is 13.8 Å². The zero-order chi connectivity index (χ0) is 10.9. The summed E-state index contributed by atoms with van der Waals surface area (Å²) in [5.74, 6) is 0.592. The number of alkyl halides is 1. The summed E-state index contributed by atoms with van der Waals surface area (Å²) in [5.41, 5.74) is -1.40. The molecule has 0 amide bonds. The molecule has 4 unspecified atom stereocenters. The maximum absolute atomic E-state index is 9.83. The minimum Gasteiger partial charge on any atom is -0.393 e. The van der Waals surface area contributed by atoms with Crippen LogP contribution in [0.3, 0.4) is 0 Å². The van der Waals surface area contributed by atoms with Gasteiger partial charge in [-0.2, -0.15) is 0 Å². The molecular weight excluding hydrogens is 204 g/mol. The van der Waals surface area contributed by atoms with Crippen molar-refractivity contribution in [3.63, 3.8) is 0 Å². The van der Waals surface area contributed by atoms with Crippen molar-refractivity contribution in [2.45, 2.75) is 43.8 Å². The molecule has 0 aromatic carbocycles. The average molecular weight is 223 g/mol. The van der Waals surface area contributed by atoms with Crippen LogP contribution in [0.15, 0.2) is 0 Å². The van der Waals surface area contributed by atoms with Gasteiger partial charge in [0, 0.05) is 0 Å². The minimum atomic E-state index is -1.40. The van der Waals surface area contributed by atoms with E-state index in [9.17, 15) is 10.2 Å². The van der Waals surface area contributed by atoms with Gasteiger partial charge in [-0.15, -0.1) is 11.6 Å². The Morgan fingerprint density at radius 2 is 2.07 bits per heavy atom. The van der Waals surface area contributed by atoms with Crippen LogP contribution in [0.1, 0.15) is 26.7 Å². The molecule has 0 bridgehead atoms. The Hall–Kier alpha value is 0.170. The van der Waals surface area contributed by atoms with Crippen LogP contribution < -0.4 is 0 Å². The van der Waals surface area contributed by atoms with Crippen molar-refractivity contribution in [3.05, 3.63) is 0 Å². The molecule has 1 fully saturated rings. The van der Waals surface area contributed by atoms with E-state index in [0.717, 1.165) is 6.42 Å². The minimum absolute atomic E-state index is 0.207. The molecule has 3 N–H and O–H groups in total. The highest BCUT2D eigenvalue weighted by atomic mass is 35.5. The highest BCUT2D eigenvalue weighted by molar-refractivity contribution is 6.21. The summed E-state index contributed by atoms with van der Waals surface area (Å²) in [5, 5.41) is 28.1. The molecule has 1 aliphatic carbocycles. The Labute approximate surface area is 89.7 Å². The van der Waals surface area contributed by atoms with Crippen LogP contribution >= 0.6 is 11.6 Å². The zero-order valence-electron chi connectivity index (χ0n) is 8.65. The second kappa shape index (κ2) is 4.35. The van der Waals surface area contributed by atoms with Crippen molar-refractivity contribution >= 4 is 11.6 Å². The van der Waals surface area contributed by atoms with Gasteiger partial charge in [0.1, 0.15) is 11.7 Å². The van der Waals surface area contributed by atoms with Gasteiger partial charge < -0.3 is 15.3 Å². The first-order valence-corrected chi connectivity index (χ1v) is 5.51. The van der Waals surface area contributed by atoms with Crippen LogP contribution in [-0.4, -0.2) is 39.0 Å². The second-order valence-corrected chi connectivity index (χ2v) is 5.10. The first-order chi connectivity index (χ1) is 6.42. The first kappa shape index (κ1) is 12.2. The first-order valence-electron chi connectivity index (χ1n) is 5.07. The van der Waals surface area contributed by atoms with Crippen molar-refractivity contribution in [1.82, 2.24) is 0 Å². The topological polar surface area (TPSA) is 60.7 Å². The van der Waals surface area contributed by atoms with Gasteiger partial charge in [0.25, 0.3) is 0 Å². The van der Waals surface area contributed by atoms with Gasteiger partial charge >= 0.3 is 0 Å². The fourth-order valence-corrected chi connectivity index (χ4v) is 2.78. The van der Waals surface area contributed by atoms with E-state index in [4.69, 9.17) is 16.7 Å². The molecule has 1 saturated carbocycles. The maximum Gasteiger partial charge on any atom is 0.115 e. The Morgan fingerprint density at radius 3 is 2.50 bits per heavy atom. The molecule has 3 nitrogen and oxygen atoms in total. The molecular formula is C10H19ClO3. The molecule has 0 spiro atoms. The molecule has 0 heterocycles. The molecule has 0 aromatic rings. The van der Waals surface area contributed by atoms with E-state index in [0.29, 0.717) is 12.3 Å². The van der Waals surface area contributed by atoms with E-state index in [1.54, 1.807) is 0 Å². The van der Waals surface area contributed by atoms with Gasteiger partial charge in [-0.3, -0.25) is 0 Å². The highest BCUT2D eigenvalue weighted by Crippen LogP contribution is 2.39. The van der Waals surface area contributed by atoms with Crippen molar-refractivity contribution in [2.75, 3.05) is 6.61 Å². The molecule has 14 heavy (non-hydrogen) atoms. The quantitative estimate of drug-likeness (QED) is 0.605. The van der Waals surface area contributed by atoms with E-state index >= 15 is 0 Å². The third-order valence-electron chi connectivity index (χ3n) is 3.30. The third kappa shape index (κ3) is 2.06. The molecule has 0 aromatic heterocycles. The van der Waals surface area contributed by atoms with Crippen LogP contribution in [0.5, 0.6) is 0 Å². The number of halogens is 1. The standard InChI is InChI=1S/C10H19ClO3/c1-6(2)7-3-4-10(14,5-12)9(13)8(7)11/h6-9,12-14H,3-5H2,1-2H3. The predicted molar refractivity (Wildman–Crippen MR) is 55.2 cm³/mol. The normalized spacial score (nSPS) is 44.4. The molecule has 0 aliphatic heterocycles. The lowest BCUT2D eigenvalue weighted by atomic mass is 9.72. The Bertz CT molecular complexity index is 198. The highest BCUT2D eigenvalue weighted by Gasteiger charge is 2.47. The summed E-state index contributed by atoms with van der Waals surface area (Å²) in [6.45, 7) is 3.67. The van der Waals surface area contributed by atoms with Crippen LogP contribution in [-0.2, 0) is 0 Å². The van der Waals surface area contributed by atoms with Crippen molar-refractivity contribution < 1.29 is 15.3 Å². The van der Waals surface area contributed by atoms with Crippen molar-refractivity contribution in [3.8, 4) is 0 Å². The van der Waals surface area contributed by atoms with Crippen molar-refractivity contribution in [2.24, 2.45) is 11.8 Å². The number of rotatable bonds is 2. The molecule has 0 saturated heterocycles. The largest absolute Gasteiger partial charge is 0.393 e. The predicted octanol–water partition coefficient (Wildman–Crippen LogP) is 0.744. The summed E-state index contributed by atoms with van der Waals surface area (Å²) in [4.78, 5) is 0. The Balaban J connectivity index is 2.74. The van der Waals surface area contributed by atoms with E-state index in [1.807, 2.05) is 0 Å². The molecule has 0 radical (unpaired) electrons. The van der Waals surface area contributed by atoms with Crippen LogP contribution in [0.25, 0.3) is 0 Å². The van der Waals surface area contributed by atoms with E-state index in [2.05, 4.69) is 13.8 Å². The lowest BCUT2D eigenvalue weighted by molar-refractivity contribution is -0.136. The number of aliphatic hydroxyl groups is 3. The summed E-state index contributed by atoms with van der Waals surface area (Å²) >= 11 is 6.07. The van der Waals surface area contributed by atoms with E-state index < -0.39 is 23.7 Å². The monoisotopic (exact) mass is 222 g/mol. The smallest absolute Gasteiger partial charge is 0.115 e. The van der Waals surface area contributed by atoms with Gasteiger partial charge in [-0.25, -0.2) is 0 Å². The summed E-state index contributed by atoms with van der Waals surface area (Å²) in [6.07, 6.45) is 0.131. The fourth-order valence-electron chi connectivity index (χ4n) is 2.13. The van der Waals surface area contributed by atoms with Crippen molar-refractivity contribution in [1.29, 1.82) is 0 Å². The summed E-state index contributed by atoms with van der Waals surface area (Å²) in [6, 6.07) is 0. The molecule has 4 heteroatoms. The Kier molecular flexibility index (Phi) is 3.81. The average Bonchev–Trinajstić information content (AvgIpc) is 2.14. The molecule has 84 valence electrons. The summed E-state index contributed by atoms with van der Waals surface area (Å²) < 4.78 is 0. The van der Waals surface area contributed by atoms with Gasteiger partial charge in [0.05, 0.1) is 12.0 Å². The third-order valence-corrected chi connectivity index (χ3v) is 3.86. The summed E-state index contributed by atoms with van der Waals surface area (Å²) in [7, 11) is 0. The fraction of sp³-hybridized carbons (Fsp3) is 1.00. The number of hydrogen-bond donors (Lipinski definition) is 3. The van der Waals surface area contributed by atoms with Crippen LogP contribution in [0.4, 0.5) is 0 Å². The molecule has 1 aliphatic rings. The van der Waals surface area contributed by atoms with E-state index in [-0.39, 0.29) is 5.92 Å². The van der Waals surface area contributed by atoms with E-state index in [1.165, 1.54) is 0 Å². The zero-order valence-corrected chi connectivity index (χ0v) is 9.41. The van der Waals surface area contributed by atoms with Crippen LogP contribution in [0.2, 0.25) is 0 Å². The lowest BCUT2D eigenvalue weighted by Crippen LogP contribution is -2.56. The van der Waals surface area contributed by atoms with Gasteiger partial charge in [0.15, 0.2) is 0 Å². The molecule has 1 rings (SSSR count). The Morgan fingerprint density at radius 1 is 1.50 bits per heavy atom. The van der Waals surface area contributed by atoms with Gasteiger partial charge in [-0.05, 0) is 24.7 Å². The number of hydrogen-bond acceptors (Lipinski definition) is 3.